The number of hydrogen-bond acceptors (Lipinski definition) is 3. The summed E-state index contributed by atoms with van der Waals surface area (Å²) in [5.41, 5.74) is -2.32. The van der Waals surface area contributed by atoms with Crippen LogP contribution in [0.15, 0.2) is 28.7 Å². The molecule has 2 atom stereocenters. The van der Waals surface area contributed by atoms with Crippen LogP contribution in [0.25, 0.3) is 0 Å². The molecule has 0 bridgehead atoms. The number of nitrogens with one attached hydrogen (secondary N) is 1. The van der Waals surface area contributed by atoms with E-state index in [4.69, 9.17) is 4.74 Å². The molecule has 0 spiro atoms. The van der Waals surface area contributed by atoms with Gasteiger partial charge in [-0.3, -0.25) is 5.32 Å². The molecule has 2 nitrogen and oxygen atoms in total. The van der Waals surface area contributed by atoms with Gasteiger partial charge in [0.15, 0.2) is 0 Å². The summed E-state index contributed by atoms with van der Waals surface area (Å²) in [4.78, 5) is 0. The molecule has 106 valence electrons. The smallest absolute Gasteiger partial charge is 0.347 e. The van der Waals surface area contributed by atoms with Gasteiger partial charge in [0.1, 0.15) is 0 Å². The molecule has 1 aliphatic rings. The van der Waals surface area contributed by atoms with Crippen LogP contribution in [0.2, 0.25) is 0 Å². The van der Waals surface area contributed by atoms with E-state index in [2.05, 4.69) is 21.2 Å². The number of alkyl halides is 3. The van der Waals surface area contributed by atoms with E-state index in [0.29, 0.717) is 5.75 Å². The average Bonchev–Trinajstić information content (AvgIpc) is 2.75. The Morgan fingerprint density at radius 2 is 2.05 bits per heavy atom. The molecule has 1 aromatic carbocycles. The second kappa shape index (κ2) is 5.63. The minimum absolute atomic E-state index is 0.0520. The number of hydrogen-bond donors (Lipinski definition) is 1. The average molecular weight is 356 g/mol. The molecule has 0 saturated carbocycles. The van der Waals surface area contributed by atoms with Crippen molar-refractivity contribution in [2.45, 2.75) is 17.9 Å². The van der Waals surface area contributed by atoms with Crippen molar-refractivity contribution in [3.8, 4) is 0 Å². The van der Waals surface area contributed by atoms with Crippen LogP contribution in [0.4, 0.5) is 13.2 Å². The second-order valence-electron chi connectivity index (χ2n) is 4.29. The first-order chi connectivity index (χ1) is 8.89. The molecule has 1 heterocycles. The zero-order valence-electron chi connectivity index (χ0n) is 10.1. The maximum atomic E-state index is 13.4. The highest BCUT2D eigenvalue weighted by molar-refractivity contribution is 9.10. The first-order valence-corrected chi connectivity index (χ1v) is 7.81. The van der Waals surface area contributed by atoms with E-state index in [-0.39, 0.29) is 18.2 Å². The van der Waals surface area contributed by atoms with Crippen LogP contribution in [-0.2, 0) is 10.5 Å². The van der Waals surface area contributed by atoms with Gasteiger partial charge in [0, 0.05) is 21.8 Å². The van der Waals surface area contributed by atoms with E-state index in [0.717, 1.165) is 4.47 Å². The van der Waals surface area contributed by atoms with Crippen LogP contribution in [-0.4, -0.2) is 30.8 Å². The van der Waals surface area contributed by atoms with Crippen LogP contribution in [0.1, 0.15) is 5.56 Å². The Labute approximate surface area is 122 Å². The molecule has 1 aliphatic heterocycles. The molecule has 7 heteroatoms. The molecule has 19 heavy (non-hydrogen) atoms. The van der Waals surface area contributed by atoms with Crippen molar-refractivity contribution >= 4 is 27.7 Å². The zero-order valence-corrected chi connectivity index (χ0v) is 12.5. The van der Waals surface area contributed by atoms with Crippen molar-refractivity contribution in [3.63, 3.8) is 0 Å². The maximum absolute atomic E-state index is 13.4. The highest BCUT2D eigenvalue weighted by Gasteiger charge is 2.61. The predicted molar refractivity (Wildman–Crippen MR) is 73.1 cm³/mol. The molecule has 2 rings (SSSR count). The summed E-state index contributed by atoms with van der Waals surface area (Å²) in [5.74, 6) is 0.578. The fourth-order valence-electron chi connectivity index (χ4n) is 2.07. The van der Waals surface area contributed by atoms with Crippen molar-refractivity contribution < 1.29 is 17.9 Å². The van der Waals surface area contributed by atoms with Gasteiger partial charge < -0.3 is 4.74 Å². The fraction of sp³-hybridized carbons (Fsp3) is 0.500. The largest absolute Gasteiger partial charge is 0.435 e. The van der Waals surface area contributed by atoms with Gasteiger partial charge in [-0.1, -0.05) is 28.1 Å². The molecule has 1 aromatic rings. The van der Waals surface area contributed by atoms with Gasteiger partial charge in [-0.15, -0.1) is 0 Å². The van der Waals surface area contributed by atoms with E-state index in [1.165, 1.54) is 23.9 Å². The standard InChI is InChI=1S/C12H13BrF3NOS/c1-19-7-10-6-18-11(17-10,12(14,15)16)8-2-4-9(13)5-3-8/h2-5,10,17H,6-7H2,1H3/t10-,11-/m1/s1. The summed E-state index contributed by atoms with van der Waals surface area (Å²) in [6.07, 6.45) is -2.65. The van der Waals surface area contributed by atoms with E-state index < -0.39 is 11.9 Å². The first kappa shape index (κ1) is 15.2. The van der Waals surface area contributed by atoms with Crippen molar-refractivity contribution in [2.75, 3.05) is 18.6 Å². The van der Waals surface area contributed by atoms with E-state index in [9.17, 15) is 13.2 Å². The number of thioether (sulfide) groups is 1. The van der Waals surface area contributed by atoms with E-state index >= 15 is 0 Å². The Kier molecular flexibility index (Phi) is 4.49. The lowest BCUT2D eigenvalue weighted by Gasteiger charge is -2.31. The first-order valence-electron chi connectivity index (χ1n) is 5.62. The summed E-state index contributed by atoms with van der Waals surface area (Å²) in [5, 5.41) is 2.60. The lowest BCUT2D eigenvalue weighted by Crippen LogP contribution is -2.53. The molecule has 0 amide bonds. The van der Waals surface area contributed by atoms with Crippen LogP contribution in [0.3, 0.4) is 0 Å². The molecule has 1 fully saturated rings. The van der Waals surface area contributed by atoms with Gasteiger partial charge in [0.25, 0.3) is 0 Å². The van der Waals surface area contributed by atoms with Gasteiger partial charge in [-0.2, -0.15) is 24.9 Å². The van der Waals surface area contributed by atoms with E-state index in [1.807, 2.05) is 6.26 Å². The van der Waals surface area contributed by atoms with Crippen molar-refractivity contribution in [2.24, 2.45) is 0 Å². The lowest BCUT2D eigenvalue weighted by atomic mass is 10.0. The quantitative estimate of drug-likeness (QED) is 0.896. The summed E-state index contributed by atoms with van der Waals surface area (Å²) in [6, 6.07) is 5.70. The SMILES string of the molecule is CSC[C@H]1CO[C@](c2ccc(Br)cc2)(C(F)(F)F)N1. The van der Waals surface area contributed by atoms with Crippen LogP contribution >= 0.6 is 27.7 Å². The van der Waals surface area contributed by atoms with Gasteiger partial charge in [0.05, 0.1) is 6.61 Å². The number of halogens is 4. The Hall–Kier alpha value is -0.240. The third kappa shape index (κ3) is 2.94. The Balaban J connectivity index is 2.35. The molecule has 0 aromatic heterocycles. The molecular formula is C12H13BrF3NOS. The van der Waals surface area contributed by atoms with Crippen molar-refractivity contribution in [1.82, 2.24) is 5.32 Å². The van der Waals surface area contributed by atoms with Crippen LogP contribution in [0.5, 0.6) is 0 Å². The Morgan fingerprint density at radius 3 is 2.58 bits per heavy atom. The van der Waals surface area contributed by atoms with Gasteiger partial charge in [-0.25, -0.2) is 0 Å². The maximum Gasteiger partial charge on any atom is 0.435 e. The van der Waals surface area contributed by atoms with Gasteiger partial charge >= 0.3 is 6.18 Å². The minimum atomic E-state index is -4.51. The summed E-state index contributed by atoms with van der Waals surface area (Å²) in [6.45, 7) is 0.0520. The summed E-state index contributed by atoms with van der Waals surface area (Å²) >= 11 is 4.70. The molecule has 1 saturated heterocycles. The highest BCUT2D eigenvalue weighted by atomic mass is 79.9. The third-order valence-electron chi connectivity index (χ3n) is 2.93. The van der Waals surface area contributed by atoms with Crippen LogP contribution in [0, 0.1) is 0 Å². The molecule has 0 radical (unpaired) electrons. The topological polar surface area (TPSA) is 21.3 Å². The van der Waals surface area contributed by atoms with Crippen molar-refractivity contribution in [3.05, 3.63) is 34.3 Å². The van der Waals surface area contributed by atoms with Crippen molar-refractivity contribution in [1.29, 1.82) is 0 Å². The normalized spacial score (nSPS) is 27.7. The second-order valence-corrected chi connectivity index (χ2v) is 6.12. The Bertz CT molecular complexity index is 440. The molecular weight excluding hydrogens is 343 g/mol. The van der Waals surface area contributed by atoms with Gasteiger partial charge in [-0.05, 0) is 18.4 Å². The lowest BCUT2D eigenvalue weighted by molar-refractivity contribution is -0.277. The molecule has 0 unspecified atom stereocenters. The number of rotatable bonds is 3. The summed E-state index contributed by atoms with van der Waals surface area (Å²) < 4.78 is 46.1. The number of benzene rings is 1. The fourth-order valence-corrected chi connectivity index (χ4v) is 2.91. The monoisotopic (exact) mass is 355 g/mol. The van der Waals surface area contributed by atoms with Crippen LogP contribution < -0.4 is 5.32 Å². The highest BCUT2D eigenvalue weighted by Crippen LogP contribution is 2.43. The summed E-state index contributed by atoms with van der Waals surface area (Å²) in [7, 11) is 0. The molecule has 0 aliphatic carbocycles. The Morgan fingerprint density at radius 1 is 1.42 bits per heavy atom. The number of ether oxygens (including phenoxy) is 1. The minimum Gasteiger partial charge on any atom is -0.347 e. The zero-order chi connectivity index (χ0) is 14.1. The van der Waals surface area contributed by atoms with Gasteiger partial charge in [0.2, 0.25) is 5.72 Å². The predicted octanol–water partition coefficient (Wildman–Crippen LogP) is 3.52. The van der Waals surface area contributed by atoms with E-state index in [1.54, 1.807) is 12.1 Å². The third-order valence-corrected chi connectivity index (χ3v) is 4.19. The molecule has 1 N–H and O–H groups in total.